The minimum atomic E-state index is -0.216. The highest BCUT2D eigenvalue weighted by Gasteiger charge is 2.09. The smallest absolute Gasteiger partial charge is 0.291 e. The Hall–Kier alpha value is -1.88. The van der Waals surface area contributed by atoms with Crippen molar-refractivity contribution < 1.29 is 14.3 Å². The second-order valence-electron chi connectivity index (χ2n) is 4.91. The van der Waals surface area contributed by atoms with Crippen LogP contribution in [0.3, 0.4) is 0 Å². The van der Waals surface area contributed by atoms with Crippen molar-refractivity contribution in [2.24, 2.45) is 4.99 Å². The van der Waals surface area contributed by atoms with Gasteiger partial charge in [-0.15, -0.1) is 0 Å². The highest BCUT2D eigenvalue weighted by molar-refractivity contribution is 6.04. The van der Waals surface area contributed by atoms with Crippen LogP contribution >= 0.6 is 0 Å². The van der Waals surface area contributed by atoms with E-state index in [1.54, 1.807) is 12.1 Å². The standard InChI is InChI=1S/C17H26N2O3/c1-4-6-11-18-17(22-13-12-21-5-2)19-16(20)15-9-7-14(3)8-10-15/h7-10H,4-6,11-13H2,1-3H3,(H,18,19,20). The van der Waals surface area contributed by atoms with E-state index in [2.05, 4.69) is 17.2 Å². The van der Waals surface area contributed by atoms with Crippen molar-refractivity contribution in [1.29, 1.82) is 0 Å². The summed E-state index contributed by atoms with van der Waals surface area (Å²) in [4.78, 5) is 16.5. The number of carbonyl (C=O) groups is 1. The number of ether oxygens (including phenoxy) is 2. The van der Waals surface area contributed by atoms with E-state index in [0.29, 0.717) is 31.9 Å². The molecule has 122 valence electrons. The Labute approximate surface area is 132 Å². The number of nitrogens with one attached hydrogen (secondary N) is 1. The van der Waals surface area contributed by atoms with Crippen LogP contribution < -0.4 is 5.32 Å². The zero-order valence-electron chi connectivity index (χ0n) is 13.7. The molecule has 0 saturated heterocycles. The monoisotopic (exact) mass is 306 g/mol. The lowest BCUT2D eigenvalue weighted by atomic mass is 10.1. The van der Waals surface area contributed by atoms with Gasteiger partial charge in [0.1, 0.15) is 6.61 Å². The maximum absolute atomic E-state index is 12.2. The fourth-order valence-corrected chi connectivity index (χ4v) is 1.68. The Kier molecular flexibility index (Phi) is 8.91. The van der Waals surface area contributed by atoms with Crippen LogP contribution in [-0.4, -0.2) is 38.3 Å². The predicted molar refractivity (Wildman–Crippen MR) is 88.3 cm³/mol. The van der Waals surface area contributed by atoms with E-state index < -0.39 is 0 Å². The van der Waals surface area contributed by atoms with Gasteiger partial charge in [-0.05, 0) is 32.4 Å². The molecule has 5 nitrogen and oxygen atoms in total. The Morgan fingerprint density at radius 1 is 1.18 bits per heavy atom. The topological polar surface area (TPSA) is 59.9 Å². The molecule has 1 rings (SSSR count). The summed E-state index contributed by atoms with van der Waals surface area (Å²) in [5.41, 5.74) is 1.70. The molecule has 0 aliphatic rings. The number of aryl methyl sites for hydroxylation is 1. The average molecular weight is 306 g/mol. The summed E-state index contributed by atoms with van der Waals surface area (Å²) in [6.45, 7) is 8.12. The number of amides is 1. The summed E-state index contributed by atoms with van der Waals surface area (Å²) in [6.07, 6.45) is 2.00. The van der Waals surface area contributed by atoms with Gasteiger partial charge in [-0.3, -0.25) is 10.1 Å². The number of nitrogens with zero attached hydrogens (tertiary/aromatic N) is 1. The van der Waals surface area contributed by atoms with Gasteiger partial charge >= 0.3 is 0 Å². The number of unbranched alkanes of at least 4 members (excludes halogenated alkanes) is 1. The molecule has 0 unspecified atom stereocenters. The number of amidine groups is 1. The highest BCUT2D eigenvalue weighted by Crippen LogP contribution is 2.03. The first-order valence-electron chi connectivity index (χ1n) is 7.80. The van der Waals surface area contributed by atoms with Crippen LogP contribution in [0.4, 0.5) is 0 Å². The van der Waals surface area contributed by atoms with E-state index in [1.807, 2.05) is 26.0 Å². The van der Waals surface area contributed by atoms with Gasteiger partial charge in [0.15, 0.2) is 0 Å². The van der Waals surface area contributed by atoms with Gasteiger partial charge in [0, 0.05) is 18.7 Å². The summed E-state index contributed by atoms with van der Waals surface area (Å²) in [7, 11) is 0. The molecule has 1 aromatic rings. The summed E-state index contributed by atoms with van der Waals surface area (Å²) in [5.74, 6) is -0.216. The van der Waals surface area contributed by atoms with E-state index in [4.69, 9.17) is 9.47 Å². The average Bonchev–Trinajstić information content (AvgIpc) is 2.52. The van der Waals surface area contributed by atoms with E-state index in [0.717, 1.165) is 18.4 Å². The van der Waals surface area contributed by atoms with Crippen molar-refractivity contribution in [1.82, 2.24) is 5.32 Å². The molecule has 0 bridgehead atoms. The van der Waals surface area contributed by atoms with Crippen molar-refractivity contribution in [3.8, 4) is 0 Å². The molecular formula is C17H26N2O3. The Balaban J connectivity index is 2.59. The molecule has 0 saturated carbocycles. The molecule has 1 aromatic carbocycles. The second kappa shape index (κ2) is 10.8. The van der Waals surface area contributed by atoms with Gasteiger partial charge in [-0.2, -0.15) is 0 Å². The fraction of sp³-hybridized carbons (Fsp3) is 0.529. The molecule has 0 fully saturated rings. The van der Waals surface area contributed by atoms with Gasteiger partial charge in [-0.25, -0.2) is 4.99 Å². The Morgan fingerprint density at radius 3 is 2.55 bits per heavy atom. The highest BCUT2D eigenvalue weighted by atomic mass is 16.5. The summed E-state index contributed by atoms with van der Waals surface area (Å²) in [5, 5.41) is 2.72. The van der Waals surface area contributed by atoms with E-state index in [-0.39, 0.29) is 11.9 Å². The van der Waals surface area contributed by atoms with Gasteiger partial charge in [0.2, 0.25) is 0 Å². The van der Waals surface area contributed by atoms with Gasteiger partial charge in [0.05, 0.1) is 6.61 Å². The number of aliphatic imine (C=N–C) groups is 1. The largest absolute Gasteiger partial charge is 0.463 e. The number of carbonyl (C=O) groups excluding carboxylic acids is 1. The molecule has 22 heavy (non-hydrogen) atoms. The normalized spacial score (nSPS) is 11.3. The van der Waals surface area contributed by atoms with Crippen LogP contribution in [0.25, 0.3) is 0 Å². The minimum absolute atomic E-state index is 0.216. The van der Waals surface area contributed by atoms with Crippen LogP contribution in [0, 0.1) is 6.92 Å². The van der Waals surface area contributed by atoms with Gasteiger partial charge < -0.3 is 9.47 Å². The van der Waals surface area contributed by atoms with Crippen LogP contribution in [-0.2, 0) is 9.47 Å². The molecule has 1 N–H and O–H groups in total. The minimum Gasteiger partial charge on any atom is -0.463 e. The molecule has 0 radical (unpaired) electrons. The number of rotatable bonds is 8. The predicted octanol–water partition coefficient (Wildman–Crippen LogP) is 2.93. The Morgan fingerprint density at radius 2 is 1.91 bits per heavy atom. The van der Waals surface area contributed by atoms with Crippen molar-refractivity contribution in [2.75, 3.05) is 26.4 Å². The molecule has 0 aliphatic carbocycles. The third kappa shape index (κ3) is 7.22. The van der Waals surface area contributed by atoms with E-state index >= 15 is 0 Å². The zero-order valence-corrected chi connectivity index (χ0v) is 13.7. The van der Waals surface area contributed by atoms with Crippen LogP contribution in [0.1, 0.15) is 42.6 Å². The molecule has 1 amide bonds. The van der Waals surface area contributed by atoms with E-state index in [9.17, 15) is 4.79 Å². The van der Waals surface area contributed by atoms with Gasteiger partial charge in [-0.1, -0.05) is 31.0 Å². The molecule has 0 aliphatic heterocycles. The molecule has 0 aromatic heterocycles. The van der Waals surface area contributed by atoms with Gasteiger partial charge in [0.25, 0.3) is 11.9 Å². The first-order valence-corrected chi connectivity index (χ1v) is 7.80. The third-order valence-electron chi connectivity index (χ3n) is 2.97. The lowest BCUT2D eigenvalue weighted by Crippen LogP contribution is -2.33. The quantitative estimate of drug-likeness (QED) is 0.456. The zero-order chi connectivity index (χ0) is 16.2. The van der Waals surface area contributed by atoms with Crippen molar-refractivity contribution >= 4 is 11.9 Å². The molecule has 5 heteroatoms. The second-order valence-corrected chi connectivity index (χ2v) is 4.91. The fourth-order valence-electron chi connectivity index (χ4n) is 1.68. The van der Waals surface area contributed by atoms with Crippen LogP contribution in [0.2, 0.25) is 0 Å². The maximum Gasteiger partial charge on any atom is 0.291 e. The lowest BCUT2D eigenvalue weighted by Gasteiger charge is -2.11. The summed E-state index contributed by atoms with van der Waals surface area (Å²) < 4.78 is 10.7. The van der Waals surface area contributed by atoms with Crippen molar-refractivity contribution in [2.45, 2.75) is 33.6 Å². The lowest BCUT2D eigenvalue weighted by molar-refractivity contribution is 0.0922. The number of hydrogen-bond acceptors (Lipinski definition) is 4. The van der Waals surface area contributed by atoms with Crippen LogP contribution in [0.5, 0.6) is 0 Å². The number of benzene rings is 1. The molecule has 0 heterocycles. The SMILES string of the molecule is CCCCN=C(NC(=O)c1ccc(C)cc1)OCCOCC. The van der Waals surface area contributed by atoms with Crippen molar-refractivity contribution in [3.63, 3.8) is 0 Å². The van der Waals surface area contributed by atoms with Crippen molar-refractivity contribution in [3.05, 3.63) is 35.4 Å². The maximum atomic E-state index is 12.2. The third-order valence-corrected chi connectivity index (χ3v) is 2.97. The molecule has 0 spiro atoms. The number of hydrogen-bond donors (Lipinski definition) is 1. The summed E-state index contributed by atoms with van der Waals surface area (Å²) >= 11 is 0. The molecular weight excluding hydrogens is 280 g/mol. The Bertz CT molecular complexity index is 469. The first-order chi connectivity index (χ1) is 10.7. The van der Waals surface area contributed by atoms with E-state index in [1.165, 1.54) is 0 Å². The first kappa shape index (κ1) is 18.2. The summed E-state index contributed by atoms with van der Waals surface area (Å²) in [6, 6.07) is 7.64. The molecule has 0 atom stereocenters. The van der Waals surface area contributed by atoms with Crippen LogP contribution in [0.15, 0.2) is 29.3 Å².